The van der Waals surface area contributed by atoms with E-state index in [2.05, 4.69) is 9.62 Å². The van der Waals surface area contributed by atoms with Gasteiger partial charge in [-0.15, -0.1) is 11.3 Å². The fraction of sp³-hybridized carbons (Fsp3) is 0.261. The zero-order valence-electron chi connectivity index (χ0n) is 17.8. The van der Waals surface area contributed by atoms with Crippen molar-refractivity contribution in [3.63, 3.8) is 0 Å². The van der Waals surface area contributed by atoms with Crippen molar-refractivity contribution in [2.75, 3.05) is 18.4 Å². The van der Waals surface area contributed by atoms with E-state index in [-0.39, 0.29) is 15.5 Å². The highest BCUT2D eigenvalue weighted by Crippen LogP contribution is 2.38. The van der Waals surface area contributed by atoms with Gasteiger partial charge in [0.15, 0.2) is 4.21 Å². The fourth-order valence-electron chi connectivity index (χ4n) is 3.77. The number of phenolic OH excluding ortho intramolecular Hbond substituents is 1. The van der Waals surface area contributed by atoms with E-state index in [9.17, 15) is 18.3 Å². The molecule has 0 fully saturated rings. The van der Waals surface area contributed by atoms with Crippen molar-refractivity contribution in [2.45, 2.75) is 30.6 Å². The highest BCUT2D eigenvalue weighted by molar-refractivity contribution is 7.94. The number of rotatable bonds is 6. The first-order chi connectivity index (χ1) is 15.3. The standard InChI is InChI=1S/C23H24N2O5S2/c1-15-7-9-17(10-8-15)24-32(28,29)23-21(22(27)30-2)18-11-12-25(14-20(18)31-23)13-16-5-3-4-6-19(16)26/h3-10,24,26H,11-14H2,1-2H3. The molecule has 2 heterocycles. The molecule has 0 aliphatic carbocycles. The summed E-state index contributed by atoms with van der Waals surface area (Å²) in [6, 6.07) is 14.1. The van der Waals surface area contributed by atoms with Gasteiger partial charge in [-0.25, -0.2) is 13.2 Å². The molecule has 7 nitrogen and oxygen atoms in total. The van der Waals surface area contributed by atoms with E-state index in [1.54, 1.807) is 24.3 Å². The molecular formula is C23H24N2O5S2. The summed E-state index contributed by atoms with van der Waals surface area (Å²) in [7, 11) is -2.73. The average Bonchev–Trinajstić information content (AvgIpc) is 3.16. The maximum atomic E-state index is 13.2. The number of hydrogen-bond acceptors (Lipinski definition) is 7. The number of benzene rings is 2. The number of hydrogen-bond donors (Lipinski definition) is 2. The van der Waals surface area contributed by atoms with Gasteiger partial charge >= 0.3 is 5.97 Å². The summed E-state index contributed by atoms with van der Waals surface area (Å²) in [6.45, 7) is 3.56. The van der Waals surface area contributed by atoms with Gasteiger partial charge in [0.1, 0.15) is 5.75 Å². The Balaban J connectivity index is 1.66. The molecule has 32 heavy (non-hydrogen) atoms. The van der Waals surface area contributed by atoms with Crippen molar-refractivity contribution in [2.24, 2.45) is 0 Å². The Morgan fingerprint density at radius 2 is 1.91 bits per heavy atom. The van der Waals surface area contributed by atoms with Crippen LogP contribution in [-0.4, -0.2) is 38.0 Å². The Hall–Kier alpha value is -2.88. The number of para-hydroxylation sites is 1. The van der Waals surface area contributed by atoms with Gasteiger partial charge in [-0.05, 0) is 37.1 Å². The minimum atomic E-state index is -3.98. The Morgan fingerprint density at radius 1 is 1.19 bits per heavy atom. The SMILES string of the molecule is COC(=O)c1c(S(=O)(=O)Nc2ccc(C)cc2)sc2c1CCN(Cc1ccccc1O)C2. The van der Waals surface area contributed by atoms with Crippen LogP contribution in [0.2, 0.25) is 0 Å². The second kappa shape index (κ2) is 8.93. The number of ether oxygens (including phenoxy) is 1. The number of sulfonamides is 1. The maximum Gasteiger partial charge on any atom is 0.340 e. The lowest BCUT2D eigenvalue weighted by Gasteiger charge is -2.27. The number of esters is 1. The van der Waals surface area contributed by atoms with Crippen LogP contribution in [0.5, 0.6) is 5.75 Å². The number of thiophene rings is 1. The molecule has 168 valence electrons. The van der Waals surface area contributed by atoms with Crippen LogP contribution >= 0.6 is 11.3 Å². The van der Waals surface area contributed by atoms with Crippen molar-refractivity contribution in [3.8, 4) is 5.75 Å². The molecule has 1 aliphatic heterocycles. The number of aromatic hydroxyl groups is 1. The molecule has 1 aliphatic rings. The lowest BCUT2D eigenvalue weighted by atomic mass is 10.0. The van der Waals surface area contributed by atoms with Crippen LogP contribution in [0.15, 0.2) is 52.7 Å². The number of carbonyl (C=O) groups excluding carboxylic acids is 1. The first kappa shape index (κ1) is 22.3. The van der Waals surface area contributed by atoms with Gasteiger partial charge in [0.2, 0.25) is 0 Å². The van der Waals surface area contributed by atoms with E-state index in [0.717, 1.165) is 32.9 Å². The van der Waals surface area contributed by atoms with Gasteiger partial charge in [-0.2, -0.15) is 0 Å². The number of nitrogens with zero attached hydrogens (tertiary/aromatic N) is 1. The van der Waals surface area contributed by atoms with Crippen molar-refractivity contribution in [1.29, 1.82) is 0 Å². The van der Waals surface area contributed by atoms with E-state index in [1.807, 2.05) is 31.2 Å². The lowest BCUT2D eigenvalue weighted by molar-refractivity contribution is 0.0595. The molecule has 0 bridgehead atoms. The third kappa shape index (κ3) is 4.50. The summed E-state index contributed by atoms with van der Waals surface area (Å²) >= 11 is 1.10. The van der Waals surface area contributed by atoms with Crippen molar-refractivity contribution < 1.29 is 23.1 Å². The molecule has 0 radical (unpaired) electrons. The number of phenols is 1. The minimum Gasteiger partial charge on any atom is -0.508 e. The summed E-state index contributed by atoms with van der Waals surface area (Å²) in [5, 5.41) is 10.1. The molecule has 0 amide bonds. The topological polar surface area (TPSA) is 95.9 Å². The molecule has 0 spiro atoms. The molecule has 9 heteroatoms. The molecule has 0 saturated carbocycles. The second-order valence-electron chi connectivity index (χ2n) is 7.72. The third-order valence-electron chi connectivity index (χ3n) is 5.43. The summed E-state index contributed by atoms with van der Waals surface area (Å²) in [5.74, 6) is -0.425. The van der Waals surface area contributed by atoms with Crippen LogP contribution in [0.4, 0.5) is 5.69 Å². The second-order valence-corrected chi connectivity index (χ2v) is 10.7. The van der Waals surface area contributed by atoms with Crippen molar-refractivity contribution in [1.82, 2.24) is 4.90 Å². The van der Waals surface area contributed by atoms with Crippen LogP contribution in [0.3, 0.4) is 0 Å². The zero-order chi connectivity index (χ0) is 22.9. The minimum absolute atomic E-state index is 0.0284. The predicted molar refractivity (Wildman–Crippen MR) is 124 cm³/mol. The Bertz CT molecular complexity index is 1250. The zero-order valence-corrected chi connectivity index (χ0v) is 19.4. The fourth-order valence-corrected chi connectivity index (χ4v) is 6.76. The number of methoxy groups -OCH3 is 1. The molecule has 3 aromatic rings. The smallest absolute Gasteiger partial charge is 0.340 e. The normalized spacial score (nSPS) is 14.1. The number of anilines is 1. The number of aryl methyl sites for hydroxylation is 1. The van der Waals surface area contributed by atoms with E-state index < -0.39 is 16.0 Å². The van der Waals surface area contributed by atoms with Crippen LogP contribution in [0.1, 0.15) is 31.9 Å². The van der Waals surface area contributed by atoms with E-state index >= 15 is 0 Å². The van der Waals surface area contributed by atoms with E-state index in [4.69, 9.17) is 4.74 Å². The number of fused-ring (bicyclic) bond motifs is 1. The third-order valence-corrected chi connectivity index (χ3v) is 8.54. The molecule has 2 aromatic carbocycles. The molecule has 0 saturated heterocycles. The molecular weight excluding hydrogens is 448 g/mol. The Morgan fingerprint density at radius 3 is 2.59 bits per heavy atom. The summed E-state index contributed by atoms with van der Waals surface area (Å²) in [4.78, 5) is 15.5. The van der Waals surface area contributed by atoms with E-state index in [1.165, 1.54) is 7.11 Å². The Labute approximate surface area is 191 Å². The maximum absolute atomic E-state index is 13.2. The van der Waals surface area contributed by atoms with Gasteiger partial charge in [0.05, 0.1) is 12.7 Å². The molecule has 2 N–H and O–H groups in total. The molecule has 1 aromatic heterocycles. The first-order valence-electron chi connectivity index (χ1n) is 10.1. The number of carbonyl (C=O) groups is 1. The van der Waals surface area contributed by atoms with Gasteiger partial charge < -0.3 is 9.84 Å². The van der Waals surface area contributed by atoms with Crippen molar-refractivity contribution in [3.05, 3.63) is 75.7 Å². The van der Waals surface area contributed by atoms with Gasteiger partial charge in [0, 0.05) is 35.8 Å². The van der Waals surface area contributed by atoms with Crippen LogP contribution in [-0.2, 0) is 34.3 Å². The van der Waals surface area contributed by atoms with Crippen LogP contribution in [0, 0.1) is 6.92 Å². The van der Waals surface area contributed by atoms with Crippen LogP contribution < -0.4 is 4.72 Å². The Kier molecular flexibility index (Phi) is 6.23. The molecule has 4 rings (SSSR count). The first-order valence-corrected chi connectivity index (χ1v) is 12.4. The van der Waals surface area contributed by atoms with Gasteiger partial charge in [-0.3, -0.25) is 9.62 Å². The summed E-state index contributed by atoms with van der Waals surface area (Å²) in [5.41, 5.74) is 3.09. The predicted octanol–water partition coefficient (Wildman–Crippen LogP) is 3.91. The van der Waals surface area contributed by atoms with Crippen molar-refractivity contribution >= 4 is 33.0 Å². The van der Waals surface area contributed by atoms with Gasteiger partial charge in [-0.1, -0.05) is 35.9 Å². The lowest BCUT2D eigenvalue weighted by Crippen LogP contribution is -2.30. The average molecular weight is 473 g/mol. The monoisotopic (exact) mass is 472 g/mol. The van der Waals surface area contributed by atoms with Gasteiger partial charge in [0.25, 0.3) is 10.0 Å². The molecule has 0 atom stereocenters. The highest BCUT2D eigenvalue weighted by atomic mass is 32.2. The van der Waals surface area contributed by atoms with E-state index in [0.29, 0.717) is 31.7 Å². The van der Waals surface area contributed by atoms with Crippen LogP contribution in [0.25, 0.3) is 0 Å². The largest absolute Gasteiger partial charge is 0.508 e. The highest BCUT2D eigenvalue weighted by Gasteiger charge is 2.34. The summed E-state index contributed by atoms with van der Waals surface area (Å²) < 4.78 is 33.9. The quantitative estimate of drug-likeness (QED) is 0.528. The summed E-state index contributed by atoms with van der Waals surface area (Å²) in [6.07, 6.45) is 0.518. The molecule has 0 unspecified atom stereocenters. The number of nitrogens with one attached hydrogen (secondary N) is 1.